The maximum atomic E-state index is 10.4. The van der Waals surface area contributed by atoms with Crippen LogP contribution in [0.4, 0.5) is 0 Å². The van der Waals surface area contributed by atoms with Gasteiger partial charge in [-0.05, 0) is 25.6 Å². The van der Waals surface area contributed by atoms with Gasteiger partial charge in [0.25, 0.3) is 0 Å². The predicted octanol–water partition coefficient (Wildman–Crippen LogP) is 3.29. The zero-order valence-electron chi connectivity index (χ0n) is 14.2. The first-order chi connectivity index (χ1) is 9.69. The van der Waals surface area contributed by atoms with Gasteiger partial charge >= 0.3 is 5.97 Å². The monoisotopic (exact) mass is 244 g/mol. The average molecular weight is 244 g/mol. The molecule has 0 saturated heterocycles. The Balaban J connectivity index is 4.10. The SMILES string of the molecule is [2H]C(/C=C\C/C=C\C[C@]([2H])(O)CC(=O)O)C([2H])C([2H])CC. The van der Waals surface area contributed by atoms with Gasteiger partial charge in [-0.25, -0.2) is 0 Å². The molecule has 0 bridgehead atoms. The van der Waals surface area contributed by atoms with E-state index in [-0.39, 0.29) is 6.42 Å². The fraction of sp³-hybridized carbons (Fsp3) is 0.643. The molecule has 3 nitrogen and oxygen atoms in total. The molecule has 2 N–H and O–H groups in total. The minimum Gasteiger partial charge on any atom is -0.481 e. The Hall–Kier alpha value is -1.09. The summed E-state index contributed by atoms with van der Waals surface area (Å²) in [6, 6.07) is 0. The van der Waals surface area contributed by atoms with Crippen LogP contribution < -0.4 is 0 Å². The van der Waals surface area contributed by atoms with Gasteiger partial charge in [0, 0.05) is 4.11 Å². The number of rotatable bonds is 10. The molecule has 0 fully saturated rings. The lowest BCUT2D eigenvalue weighted by molar-refractivity contribution is -0.139. The summed E-state index contributed by atoms with van der Waals surface area (Å²) < 4.78 is 30.3. The molecule has 3 heteroatoms. The highest BCUT2D eigenvalue weighted by molar-refractivity contribution is 5.67. The number of hydrogen-bond donors (Lipinski definition) is 2. The van der Waals surface area contributed by atoms with E-state index in [1.807, 2.05) is 6.92 Å². The van der Waals surface area contributed by atoms with Crippen molar-refractivity contribution in [3.8, 4) is 0 Å². The average Bonchev–Trinajstić information content (AvgIpc) is 2.38. The first-order valence-corrected chi connectivity index (χ1v) is 5.72. The number of hydrogen-bond acceptors (Lipinski definition) is 2. The molecular formula is C14H24O3. The Bertz CT molecular complexity index is 369. The second kappa shape index (κ2) is 11.4. The van der Waals surface area contributed by atoms with Crippen LogP contribution in [-0.4, -0.2) is 22.3 Å². The molecule has 0 heterocycles. The second-order valence-electron chi connectivity index (χ2n) is 3.50. The standard InChI is InChI=1S/C14H24O3/c1-2-3-4-5-6-7-8-9-10-11-13(15)12-14(16)17/h6-7,9-10,13,15H,2-5,8,11-12H2,1H3,(H,16,17)/b7-6-,10-9-/t13-/m0/s1/i3D,4D,5D,13D/t3?,4?,5?,13-. The van der Waals surface area contributed by atoms with Gasteiger partial charge in [0.1, 0.15) is 0 Å². The number of aliphatic hydroxyl groups is 1. The summed E-state index contributed by atoms with van der Waals surface area (Å²) in [5.74, 6) is -1.22. The van der Waals surface area contributed by atoms with Crippen molar-refractivity contribution >= 4 is 5.97 Å². The summed E-state index contributed by atoms with van der Waals surface area (Å²) in [6.07, 6.45) is 2.65. The molecule has 0 aromatic rings. The van der Waals surface area contributed by atoms with E-state index in [0.29, 0.717) is 12.8 Å². The van der Waals surface area contributed by atoms with Crippen LogP contribution in [0.3, 0.4) is 0 Å². The molecule has 0 saturated carbocycles. The molecular weight excluding hydrogens is 216 g/mol. The Morgan fingerprint density at radius 3 is 2.71 bits per heavy atom. The van der Waals surface area contributed by atoms with Crippen molar-refractivity contribution in [2.75, 3.05) is 0 Å². The quantitative estimate of drug-likeness (QED) is 0.580. The number of carboxylic acid groups (broad SMARTS) is 1. The van der Waals surface area contributed by atoms with Crippen LogP contribution in [0, 0.1) is 0 Å². The van der Waals surface area contributed by atoms with E-state index in [1.54, 1.807) is 18.2 Å². The maximum absolute atomic E-state index is 10.4. The zero-order valence-corrected chi connectivity index (χ0v) is 10.2. The predicted molar refractivity (Wildman–Crippen MR) is 69.9 cm³/mol. The van der Waals surface area contributed by atoms with Crippen molar-refractivity contribution in [2.45, 2.75) is 57.9 Å². The third kappa shape index (κ3) is 12.8. The molecule has 4 atom stereocenters. The molecule has 98 valence electrons. The van der Waals surface area contributed by atoms with E-state index >= 15 is 0 Å². The highest BCUT2D eigenvalue weighted by Crippen LogP contribution is 2.02. The molecule has 17 heavy (non-hydrogen) atoms. The van der Waals surface area contributed by atoms with E-state index in [0.717, 1.165) is 0 Å². The highest BCUT2D eigenvalue weighted by atomic mass is 16.4. The van der Waals surface area contributed by atoms with Crippen molar-refractivity contribution in [3.05, 3.63) is 24.3 Å². The molecule has 0 aromatic heterocycles. The highest BCUT2D eigenvalue weighted by Gasteiger charge is 2.06. The lowest BCUT2D eigenvalue weighted by Gasteiger charge is -2.02. The fourth-order valence-corrected chi connectivity index (χ4v) is 1.08. The normalized spacial score (nSPS) is 24.4. The summed E-state index contributed by atoms with van der Waals surface area (Å²) in [5, 5.41) is 17.9. The number of allylic oxidation sites excluding steroid dienone is 3. The smallest absolute Gasteiger partial charge is 0.305 e. The Morgan fingerprint density at radius 2 is 2.06 bits per heavy atom. The van der Waals surface area contributed by atoms with Crippen molar-refractivity contribution < 1.29 is 20.5 Å². The molecule has 0 radical (unpaired) electrons. The van der Waals surface area contributed by atoms with Gasteiger partial charge in [-0.15, -0.1) is 0 Å². The van der Waals surface area contributed by atoms with Crippen LogP contribution in [0.2, 0.25) is 0 Å². The van der Waals surface area contributed by atoms with Gasteiger partial charge in [0.15, 0.2) is 0 Å². The Morgan fingerprint density at radius 1 is 1.35 bits per heavy atom. The van der Waals surface area contributed by atoms with Gasteiger partial charge in [0.05, 0.1) is 13.9 Å². The molecule has 0 spiro atoms. The minimum absolute atomic E-state index is 0.0802. The number of carbonyl (C=O) groups is 1. The van der Waals surface area contributed by atoms with E-state index in [1.165, 1.54) is 6.08 Å². The van der Waals surface area contributed by atoms with E-state index in [9.17, 15) is 9.90 Å². The maximum Gasteiger partial charge on any atom is 0.305 e. The van der Waals surface area contributed by atoms with Gasteiger partial charge in [-0.3, -0.25) is 4.79 Å². The van der Waals surface area contributed by atoms with Crippen LogP contribution in [0.15, 0.2) is 24.3 Å². The third-order valence-corrected chi connectivity index (χ3v) is 1.88. The number of carboxylic acids is 1. The number of aliphatic carboxylic acids is 1. The van der Waals surface area contributed by atoms with Crippen LogP contribution >= 0.6 is 0 Å². The largest absolute Gasteiger partial charge is 0.481 e. The summed E-state index contributed by atoms with van der Waals surface area (Å²) >= 11 is 0. The molecule has 0 amide bonds. The summed E-state index contributed by atoms with van der Waals surface area (Å²) in [7, 11) is 0. The van der Waals surface area contributed by atoms with Crippen LogP contribution in [0.1, 0.15) is 57.3 Å². The topological polar surface area (TPSA) is 57.5 Å². The van der Waals surface area contributed by atoms with Crippen molar-refractivity contribution in [2.24, 2.45) is 0 Å². The summed E-state index contributed by atoms with van der Waals surface area (Å²) in [6.45, 7) is 1.82. The molecule has 0 aromatic carbocycles. The van der Waals surface area contributed by atoms with Crippen molar-refractivity contribution in [1.29, 1.82) is 0 Å². The van der Waals surface area contributed by atoms with Crippen molar-refractivity contribution in [1.82, 2.24) is 0 Å². The van der Waals surface area contributed by atoms with Gasteiger partial charge in [0.2, 0.25) is 0 Å². The molecule has 0 aliphatic rings. The Labute approximate surface area is 109 Å². The van der Waals surface area contributed by atoms with Crippen LogP contribution in [-0.2, 0) is 4.79 Å². The van der Waals surface area contributed by atoms with Gasteiger partial charge in [-0.2, -0.15) is 0 Å². The third-order valence-electron chi connectivity index (χ3n) is 1.88. The first-order valence-electron chi connectivity index (χ1n) is 7.95. The lowest BCUT2D eigenvalue weighted by atomic mass is 10.1. The summed E-state index contributed by atoms with van der Waals surface area (Å²) in [5.41, 5.74) is 0. The molecule has 3 unspecified atom stereocenters. The lowest BCUT2D eigenvalue weighted by Crippen LogP contribution is -2.11. The Kier molecular flexibility index (Phi) is 6.63. The van der Waals surface area contributed by atoms with Crippen LogP contribution in [0.5, 0.6) is 0 Å². The van der Waals surface area contributed by atoms with Gasteiger partial charge in [-0.1, -0.05) is 44.0 Å². The minimum atomic E-state index is -2.00. The molecule has 0 aliphatic heterocycles. The first kappa shape index (κ1) is 9.89. The van der Waals surface area contributed by atoms with Crippen LogP contribution in [0.25, 0.3) is 0 Å². The molecule has 0 rings (SSSR count). The van der Waals surface area contributed by atoms with Crippen molar-refractivity contribution in [3.63, 3.8) is 0 Å². The zero-order chi connectivity index (χ0) is 16.5. The van der Waals surface area contributed by atoms with E-state index < -0.39 is 37.7 Å². The van der Waals surface area contributed by atoms with Gasteiger partial charge < -0.3 is 10.2 Å². The molecule has 0 aliphatic carbocycles. The second-order valence-corrected chi connectivity index (χ2v) is 3.50. The van der Waals surface area contributed by atoms with E-state index in [4.69, 9.17) is 10.6 Å². The summed E-state index contributed by atoms with van der Waals surface area (Å²) in [4.78, 5) is 10.4. The van der Waals surface area contributed by atoms with E-state index in [2.05, 4.69) is 0 Å². The fourth-order valence-electron chi connectivity index (χ4n) is 1.08.